The summed E-state index contributed by atoms with van der Waals surface area (Å²) in [5, 5.41) is 9.66. The van der Waals surface area contributed by atoms with Crippen molar-refractivity contribution in [1.29, 1.82) is 0 Å². The molecule has 0 aromatic heterocycles. The summed E-state index contributed by atoms with van der Waals surface area (Å²) in [5.41, 5.74) is 0. The number of esters is 1. The number of hydrogen-bond donors (Lipinski definition) is 1. The molecular formula is C55H100O4. The molecule has 0 rings (SSSR count). The Morgan fingerprint density at radius 2 is 0.763 bits per heavy atom. The lowest BCUT2D eigenvalue weighted by molar-refractivity contribution is -0.154. The van der Waals surface area contributed by atoms with Crippen LogP contribution in [0.3, 0.4) is 0 Å². The van der Waals surface area contributed by atoms with Gasteiger partial charge < -0.3 is 14.6 Å². The third kappa shape index (κ3) is 50.3. The maximum Gasteiger partial charge on any atom is 0.306 e. The van der Waals surface area contributed by atoms with Crippen molar-refractivity contribution >= 4 is 5.97 Å². The zero-order valence-electron chi connectivity index (χ0n) is 39.5. The van der Waals surface area contributed by atoms with Crippen LogP contribution in [0.5, 0.6) is 0 Å². The maximum absolute atomic E-state index is 12.3. The first kappa shape index (κ1) is 57.1. The average Bonchev–Trinajstić information content (AvgIpc) is 3.24. The number of carbonyl (C=O) groups is 1. The number of aliphatic hydroxyl groups excluding tert-OH is 1. The van der Waals surface area contributed by atoms with E-state index >= 15 is 0 Å². The van der Waals surface area contributed by atoms with E-state index in [9.17, 15) is 9.90 Å². The highest BCUT2D eigenvalue weighted by Crippen LogP contribution is 2.15. The summed E-state index contributed by atoms with van der Waals surface area (Å²) in [6, 6.07) is 0. The van der Waals surface area contributed by atoms with Crippen LogP contribution in [0.15, 0.2) is 60.8 Å². The standard InChI is InChI=1S/C55H100O4/c1-3-5-7-9-11-13-15-17-19-21-23-25-27-28-29-30-32-34-36-38-40-42-44-46-48-50-55(57)59-54(52-56)53-58-51-49-47-45-43-41-39-37-35-33-31-26-24-22-20-18-16-14-12-10-8-6-4-2/h6,8,12,14,18,20-21,23-24,26,54,56H,3-5,7,9-11,13,15-17,19,22,25,27-53H2,1-2H3/b8-6-,14-12-,20-18-,23-21-,26-24-. The lowest BCUT2D eigenvalue weighted by Crippen LogP contribution is -2.27. The molecule has 0 bridgehead atoms. The molecule has 0 amide bonds. The minimum absolute atomic E-state index is 0.174. The number of unbranched alkanes of at least 4 members (excludes halogenated alkanes) is 30. The van der Waals surface area contributed by atoms with E-state index in [1.54, 1.807) is 0 Å². The Bertz CT molecular complexity index is 962. The quantitative estimate of drug-likeness (QED) is 0.0377. The molecule has 1 N–H and O–H groups in total. The van der Waals surface area contributed by atoms with Gasteiger partial charge in [-0.25, -0.2) is 0 Å². The first-order chi connectivity index (χ1) is 29.2. The van der Waals surface area contributed by atoms with Gasteiger partial charge in [0.2, 0.25) is 0 Å². The number of rotatable bonds is 48. The summed E-state index contributed by atoms with van der Waals surface area (Å²) in [7, 11) is 0. The third-order valence-corrected chi connectivity index (χ3v) is 11.3. The molecule has 0 aromatic rings. The van der Waals surface area contributed by atoms with Crippen LogP contribution >= 0.6 is 0 Å². The Kier molecular flexibility index (Phi) is 50.5. The molecule has 0 spiro atoms. The highest BCUT2D eigenvalue weighted by molar-refractivity contribution is 5.69. The Labute approximate surface area is 368 Å². The van der Waals surface area contributed by atoms with Crippen LogP contribution in [0.1, 0.15) is 258 Å². The van der Waals surface area contributed by atoms with Crippen molar-refractivity contribution < 1.29 is 19.4 Å². The first-order valence-electron chi connectivity index (χ1n) is 25.9. The Hall–Kier alpha value is -1.91. The monoisotopic (exact) mass is 825 g/mol. The summed E-state index contributed by atoms with van der Waals surface area (Å²) in [4.78, 5) is 12.3. The van der Waals surface area contributed by atoms with Gasteiger partial charge in [-0.05, 0) is 77.0 Å². The summed E-state index contributed by atoms with van der Waals surface area (Å²) >= 11 is 0. The summed E-state index contributed by atoms with van der Waals surface area (Å²) in [6.45, 7) is 5.25. The van der Waals surface area contributed by atoms with E-state index in [0.717, 1.165) is 44.9 Å². The van der Waals surface area contributed by atoms with E-state index in [4.69, 9.17) is 9.47 Å². The van der Waals surface area contributed by atoms with Gasteiger partial charge in [-0.15, -0.1) is 0 Å². The fourth-order valence-electron chi connectivity index (χ4n) is 7.49. The molecule has 4 heteroatoms. The predicted octanol–water partition coefficient (Wildman–Crippen LogP) is 17.6. The third-order valence-electron chi connectivity index (χ3n) is 11.3. The van der Waals surface area contributed by atoms with Gasteiger partial charge >= 0.3 is 5.97 Å². The van der Waals surface area contributed by atoms with Gasteiger partial charge in [0.25, 0.3) is 0 Å². The van der Waals surface area contributed by atoms with Crippen LogP contribution in [-0.4, -0.2) is 37.0 Å². The van der Waals surface area contributed by atoms with Gasteiger partial charge in [-0.2, -0.15) is 0 Å². The zero-order chi connectivity index (χ0) is 42.6. The zero-order valence-corrected chi connectivity index (χ0v) is 39.5. The molecule has 0 heterocycles. The Morgan fingerprint density at radius 3 is 1.17 bits per heavy atom. The molecule has 0 aliphatic rings. The second kappa shape index (κ2) is 52.2. The minimum atomic E-state index is -0.540. The normalized spacial score (nSPS) is 12.8. The molecule has 1 atom stereocenters. The second-order valence-corrected chi connectivity index (χ2v) is 17.2. The number of ether oxygens (including phenoxy) is 2. The molecule has 4 nitrogen and oxygen atoms in total. The molecule has 344 valence electrons. The molecule has 0 saturated carbocycles. The lowest BCUT2D eigenvalue weighted by Gasteiger charge is -2.16. The number of hydrogen-bond acceptors (Lipinski definition) is 4. The van der Waals surface area contributed by atoms with Crippen LogP contribution in [0.25, 0.3) is 0 Å². The van der Waals surface area contributed by atoms with Crippen LogP contribution in [0.2, 0.25) is 0 Å². The van der Waals surface area contributed by atoms with Gasteiger partial charge in [0.15, 0.2) is 0 Å². The molecule has 0 radical (unpaired) electrons. The smallest absolute Gasteiger partial charge is 0.306 e. The molecule has 0 saturated heterocycles. The number of allylic oxidation sites excluding steroid dienone is 10. The van der Waals surface area contributed by atoms with Crippen molar-refractivity contribution in [3.8, 4) is 0 Å². The molecule has 0 aromatic carbocycles. The van der Waals surface area contributed by atoms with E-state index in [2.05, 4.69) is 74.6 Å². The maximum atomic E-state index is 12.3. The number of aliphatic hydroxyl groups is 1. The second-order valence-electron chi connectivity index (χ2n) is 17.2. The predicted molar refractivity (Wildman–Crippen MR) is 260 cm³/mol. The van der Waals surface area contributed by atoms with Crippen LogP contribution < -0.4 is 0 Å². The van der Waals surface area contributed by atoms with E-state index < -0.39 is 6.10 Å². The van der Waals surface area contributed by atoms with E-state index in [-0.39, 0.29) is 12.6 Å². The number of carbonyl (C=O) groups excluding carboxylic acids is 1. The Morgan fingerprint density at radius 1 is 0.424 bits per heavy atom. The van der Waals surface area contributed by atoms with Gasteiger partial charge in [0.1, 0.15) is 6.10 Å². The van der Waals surface area contributed by atoms with Crippen molar-refractivity contribution in [2.45, 2.75) is 264 Å². The summed E-state index contributed by atoms with van der Waals surface area (Å²) in [5.74, 6) is -0.201. The summed E-state index contributed by atoms with van der Waals surface area (Å²) < 4.78 is 11.2. The van der Waals surface area contributed by atoms with E-state index in [0.29, 0.717) is 19.6 Å². The van der Waals surface area contributed by atoms with Gasteiger partial charge in [0, 0.05) is 13.0 Å². The van der Waals surface area contributed by atoms with Crippen molar-refractivity contribution in [2.75, 3.05) is 19.8 Å². The molecule has 59 heavy (non-hydrogen) atoms. The topological polar surface area (TPSA) is 55.8 Å². The molecular weight excluding hydrogens is 725 g/mol. The lowest BCUT2D eigenvalue weighted by atomic mass is 10.0. The van der Waals surface area contributed by atoms with Crippen LogP contribution in [0, 0.1) is 0 Å². The minimum Gasteiger partial charge on any atom is -0.457 e. The van der Waals surface area contributed by atoms with Crippen LogP contribution in [-0.2, 0) is 14.3 Å². The SMILES string of the molecule is CC/C=C\C/C=C\C/C=C\C/C=C\CCCCCCCCCCCOCC(CO)OC(=O)CCCCCCCCCCCCCCC/C=C\CCCCCCCCCC. The highest BCUT2D eigenvalue weighted by Gasteiger charge is 2.13. The van der Waals surface area contributed by atoms with Gasteiger partial charge in [-0.1, -0.05) is 235 Å². The van der Waals surface area contributed by atoms with E-state index in [1.807, 2.05) is 0 Å². The van der Waals surface area contributed by atoms with Gasteiger partial charge in [-0.3, -0.25) is 4.79 Å². The first-order valence-corrected chi connectivity index (χ1v) is 25.9. The van der Waals surface area contributed by atoms with Crippen molar-refractivity contribution in [3.63, 3.8) is 0 Å². The van der Waals surface area contributed by atoms with Crippen LogP contribution in [0.4, 0.5) is 0 Å². The fraction of sp³-hybridized carbons (Fsp3) is 0.800. The largest absolute Gasteiger partial charge is 0.457 e. The average molecular weight is 825 g/mol. The van der Waals surface area contributed by atoms with E-state index in [1.165, 1.54) is 193 Å². The van der Waals surface area contributed by atoms with Gasteiger partial charge in [0.05, 0.1) is 13.2 Å². The highest BCUT2D eigenvalue weighted by atomic mass is 16.6. The summed E-state index contributed by atoms with van der Waals surface area (Å²) in [6.07, 6.45) is 70.3. The molecule has 1 unspecified atom stereocenters. The van der Waals surface area contributed by atoms with Crippen molar-refractivity contribution in [1.82, 2.24) is 0 Å². The molecule has 0 fully saturated rings. The molecule has 0 aliphatic carbocycles. The van der Waals surface area contributed by atoms with Crippen molar-refractivity contribution in [3.05, 3.63) is 60.8 Å². The molecule has 0 aliphatic heterocycles. The fourth-order valence-corrected chi connectivity index (χ4v) is 7.49. The Balaban J connectivity index is 3.41. The van der Waals surface area contributed by atoms with Crippen molar-refractivity contribution in [2.24, 2.45) is 0 Å².